The first-order chi connectivity index (χ1) is 8.07. The van der Waals surface area contributed by atoms with Crippen LogP contribution in [0.1, 0.15) is 44.2 Å². The van der Waals surface area contributed by atoms with Gasteiger partial charge in [-0.1, -0.05) is 6.92 Å². The molecule has 2 N–H and O–H groups in total. The fraction of sp³-hybridized carbons (Fsp3) is 0.769. The van der Waals surface area contributed by atoms with Gasteiger partial charge in [0.15, 0.2) is 0 Å². The second-order valence-corrected chi connectivity index (χ2v) is 5.38. The normalized spacial score (nSPS) is 31.4. The molecular formula is C13H23N3O. The molecule has 1 aromatic heterocycles. The third-order valence-electron chi connectivity index (χ3n) is 4.18. The maximum Gasteiger partial charge on any atom is 0.0871 e. The van der Waals surface area contributed by atoms with Gasteiger partial charge in [-0.15, -0.1) is 0 Å². The van der Waals surface area contributed by atoms with E-state index in [1.807, 2.05) is 19.4 Å². The average molecular weight is 237 g/mol. The summed E-state index contributed by atoms with van der Waals surface area (Å²) in [5, 5.41) is 4.19. The fourth-order valence-corrected chi connectivity index (χ4v) is 2.80. The molecule has 0 radical (unpaired) electrons. The average Bonchev–Trinajstić information content (AvgIpc) is 2.76. The largest absolute Gasteiger partial charge is 0.376 e. The minimum absolute atomic E-state index is 0.0753. The summed E-state index contributed by atoms with van der Waals surface area (Å²) < 4.78 is 7.59. The zero-order valence-corrected chi connectivity index (χ0v) is 11.0. The van der Waals surface area contributed by atoms with Crippen LogP contribution < -0.4 is 5.73 Å². The van der Waals surface area contributed by atoms with E-state index in [1.54, 1.807) is 11.8 Å². The third kappa shape index (κ3) is 2.38. The smallest absolute Gasteiger partial charge is 0.0871 e. The quantitative estimate of drug-likeness (QED) is 0.875. The summed E-state index contributed by atoms with van der Waals surface area (Å²) in [5.41, 5.74) is 7.27. The van der Waals surface area contributed by atoms with E-state index in [1.165, 1.54) is 12.8 Å². The molecule has 0 amide bonds. The number of aromatic nitrogens is 2. The molecule has 1 unspecified atom stereocenters. The highest BCUT2D eigenvalue weighted by atomic mass is 16.5. The third-order valence-corrected chi connectivity index (χ3v) is 4.18. The van der Waals surface area contributed by atoms with Gasteiger partial charge in [-0.3, -0.25) is 4.68 Å². The van der Waals surface area contributed by atoms with Gasteiger partial charge >= 0.3 is 0 Å². The van der Waals surface area contributed by atoms with Gasteiger partial charge in [0.1, 0.15) is 0 Å². The second-order valence-electron chi connectivity index (χ2n) is 5.38. The molecule has 1 atom stereocenters. The topological polar surface area (TPSA) is 53.1 Å². The van der Waals surface area contributed by atoms with Crippen molar-refractivity contribution in [1.29, 1.82) is 0 Å². The van der Waals surface area contributed by atoms with E-state index in [-0.39, 0.29) is 11.6 Å². The maximum atomic E-state index is 6.40. The van der Waals surface area contributed by atoms with Crippen LogP contribution in [0.4, 0.5) is 0 Å². The summed E-state index contributed by atoms with van der Waals surface area (Å²) in [6, 6.07) is -0.0753. The Labute approximate surface area is 103 Å². The molecule has 4 heteroatoms. The molecule has 0 bridgehead atoms. The van der Waals surface area contributed by atoms with Gasteiger partial charge in [-0.2, -0.15) is 5.10 Å². The highest BCUT2D eigenvalue weighted by Gasteiger charge is 2.40. The molecule has 1 heterocycles. The summed E-state index contributed by atoms with van der Waals surface area (Å²) in [6.07, 6.45) is 8.32. The van der Waals surface area contributed by atoms with Gasteiger partial charge in [0.2, 0.25) is 0 Å². The Hall–Kier alpha value is -0.870. The molecule has 1 fully saturated rings. The van der Waals surface area contributed by atoms with Crippen molar-refractivity contribution in [3.05, 3.63) is 18.0 Å². The summed E-state index contributed by atoms with van der Waals surface area (Å²) >= 11 is 0. The molecule has 0 aromatic carbocycles. The number of hydrogen-bond donors (Lipinski definition) is 1. The molecule has 0 spiro atoms. The Morgan fingerprint density at radius 3 is 2.65 bits per heavy atom. The van der Waals surface area contributed by atoms with E-state index in [0.29, 0.717) is 0 Å². The van der Waals surface area contributed by atoms with Gasteiger partial charge in [-0.05, 0) is 31.6 Å². The molecular weight excluding hydrogens is 214 g/mol. The molecule has 1 saturated carbocycles. The monoisotopic (exact) mass is 237 g/mol. The number of methoxy groups -OCH3 is 1. The van der Waals surface area contributed by atoms with Crippen molar-refractivity contribution in [2.75, 3.05) is 7.11 Å². The number of nitrogens with zero attached hydrogens (tertiary/aromatic N) is 2. The Bertz CT molecular complexity index is 366. The number of rotatable bonds is 3. The maximum absolute atomic E-state index is 6.40. The lowest BCUT2D eigenvalue weighted by Crippen LogP contribution is -2.45. The first kappa shape index (κ1) is 12.6. The van der Waals surface area contributed by atoms with Crippen molar-refractivity contribution >= 4 is 0 Å². The lowest BCUT2D eigenvalue weighted by Gasteiger charge is -2.42. The molecule has 1 aliphatic carbocycles. The van der Waals surface area contributed by atoms with Crippen molar-refractivity contribution in [3.63, 3.8) is 0 Å². The van der Waals surface area contributed by atoms with Crippen LogP contribution >= 0.6 is 0 Å². The van der Waals surface area contributed by atoms with Gasteiger partial charge < -0.3 is 10.5 Å². The van der Waals surface area contributed by atoms with Gasteiger partial charge in [-0.25, -0.2) is 0 Å². The van der Waals surface area contributed by atoms with Crippen molar-refractivity contribution in [1.82, 2.24) is 9.78 Å². The van der Waals surface area contributed by atoms with E-state index >= 15 is 0 Å². The summed E-state index contributed by atoms with van der Waals surface area (Å²) in [6.45, 7) is 2.30. The van der Waals surface area contributed by atoms with Crippen molar-refractivity contribution in [2.24, 2.45) is 18.7 Å². The van der Waals surface area contributed by atoms with Crippen LogP contribution in [0.25, 0.3) is 0 Å². The lowest BCUT2D eigenvalue weighted by molar-refractivity contribution is -0.0672. The summed E-state index contributed by atoms with van der Waals surface area (Å²) in [4.78, 5) is 0. The Morgan fingerprint density at radius 1 is 1.53 bits per heavy atom. The highest BCUT2D eigenvalue weighted by Crippen LogP contribution is 2.41. The van der Waals surface area contributed by atoms with Crippen molar-refractivity contribution < 1.29 is 4.74 Å². The van der Waals surface area contributed by atoms with Crippen LogP contribution in [0.5, 0.6) is 0 Å². The lowest BCUT2D eigenvalue weighted by atomic mass is 9.74. The molecule has 2 rings (SSSR count). The van der Waals surface area contributed by atoms with Crippen LogP contribution in [0.3, 0.4) is 0 Å². The van der Waals surface area contributed by atoms with Crippen molar-refractivity contribution in [3.8, 4) is 0 Å². The molecule has 0 aliphatic heterocycles. The van der Waals surface area contributed by atoms with E-state index in [9.17, 15) is 0 Å². The number of nitrogens with two attached hydrogens (primary N) is 1. The van der Waals surface area contributed by atoms with Gasteiger partial charge in [0.25, 0.3) is 0 Å². The van der Waals surface area contributed by atoms with E-state index < -0.39 is 0 Å². The Balaban J connectivity index is 2.17. The molecule has 17 heavy (non-hydrogen) atoms. The van der Waals surface area contributed by atoms with Crippen LogP contribution in [-0.2, 0) is 11.8 Å². The zero-order valence-electron chi connectivity index (χ0n) is 11.0. The molecule has 1 aromatic rings. The van der Waals surface area contributed by atoms with Crippen LogP contribution in [0.15, 0.2) is 12.4 Å². The SMILES string of the molecule is COC1(C(N)c2cnn(C)c2)CCC(C)CC1. The van der Waals surface area contributed by atoms with E-state index in [2.05, 4.69) is 12.0 Å². The zero-order chi connectivity index (χ0) is 12.5. The first-order valence-corrected chi connectivity index (χ1v) is 6.36. The second kappa shape index (κ2) is 4.78. The van der Waals surface area contributed by atoms with E-state index in [0.717, 1.165) is 24.3 Å². The van der Waals surface area contributed by atoms with Crippen LogP contribution in [0.2, 0.25) is 0 Å². The fourth-order valence-electron chi connectivity index (χ4n) is 2.80. The predicted molar refractivity (Wildman–Crippen MR) is 67.5 cm³/mol. The number of aryl methyl sites for hydroxylation is 1. The number of hydrogen-bond acceptors (Lipinski definition) is 3. The van der Waals surface area contributed by atoms with E-state index in [4.69, 9.17) is 10.5 Å². The molecule has 96 valence electrons. The predicted octanol–water partition coefficient (Wildman–Crippen LogP) is 2.02. The Kier molecular flexibility index (Phi) is 3.54. The van der Waals surface area contributed by atoms with Crippen LogP contribution in [0, 0.1) is 5.92 Å². The number of ether oxygens (including phenoxy) is 1. The molecule has 0 saturated heterocycles. The van der Waals surface area contributed by atoms with Gasteiger partial charge in [0.05, 0.1) is 17.8 Å². The Morgan fingerprint density at radius 2 is 2.18 bits per heavy atom. The minimum Gasteiger partial charge on any atom is -0.376 e. The first-order valence-electron chi connectivity index (χ1n) is 6.36. The van der Waals surface area contributed by atoms with Crippen molar-refractivity contribution in [2.45, 2.75) is 44.2 Å². The van der Waals surface area contributed by atoms with Crippen LogP contribution in [-0.4, -0.2) is 22.5 Å². The summed E-state index contributed by atoms with van der Waals surface area (Å²) in [7, 11) is 3.70. The standard InChI is InChI=1S/C13H23N3O/c1-10-4-6-13(17-3,7-5-10)12(14)11-8-15-16(2)9-11/h8-10,12H,4-7,14H2,1-3H3. The molecule has 1 aliphatic rings. The highest BCUT2D eigenvalue weighted by molar-refractivity contribution is 5.16. The van der Waals surface area contributed by atoms with Gasteiger partial charge in [0, 0.05) is 25.9 Å². The summed E-state index contributed by atoms with van der Waals surface area (Å²) in [5.74, 6) is 0.791. The minimum atomic E-state index is -0.199. The molecule has 4 nitrogen and oxygen atoms in total.